The number of nitrogens with two attached hydrogens (primary N) is 1. The second-order valence-electron chi connectivity index (χ2n) is 4.13. The van der Waals surface area contributed by atoms with Crippen molar-refractivity contribution < 1.29 is 0 Å². The molecule has 0 aliphatic carbocycles. The number of nitrogens with zero attached hydrogens (tertiary/aromatic N) is 3. The highest BCUT2D eigenvalue weighted by atomic mass is 16.1. The fourth-order valence-corrected chi connectivity index (χ4v) is 1.81. The van der Waals surface area contributed by atoms with E-state index in [-0.39, 0.29) is 11.5 Å². The molecule has 100 valence electrons. The van der Waals surface area contributed by atoms with Crippen molar-refractivity contribution in [3.63, 3.8) is 0 Å². The topological polar surface area (TPSA) is 102 Å². The van der Waals surface area contributed by atoms with Crippen LogP contribution in [0.4, 0.5) is 17.6 Å². The first-order valence-corrected chi connectivity index (χ1v) is 5.95. The van der Waals surface area contributed by atoms with Crippen molar-refractivity contribution in [3.8, 4) is 5.69 Å². The Balaban J connectivity index is 1.85. The Bertz CT molecular complexity index is 774. The van der Waals surface area contributed by atoms with Crippen molar-refractivity contribution in [1.29, 1.82) is 0 Å². The van der Waals surface area contributed by atoms with Gasteiger partial charge in [-0.25, -0.2) is 5.10 Å². The van der Waals surface area contributed by atoms with Gasteiger partial charge in [0.15, 0.2) is 0 Å². The second-order valence-corrected chi connectivity index (χ2v) is 4.13. The van der Waals surface area contributed by atoms with Crippen molar-refractivity contribution in [3.05, 3.63) is 59.0 Å². The number of H-pyrrole nitrogens is 1. The molecule has 0 amide bonds. The molecule has 7 heteroatoms. The van der Waals surface area contributed by atoms with Gasteiger partial charge in [0.2, 0.25) is 11.9 Å². The number of nitrogens with one attached hydrogen (secondary N) is 2. The number of nitrogen functional groups attached to an aromatic ring is 1. The quantitative estimate of drug-likeness (QED) is 0.664. The van der Waals surface area contributed by atoms with Crippen molar-refractivity contribution in [2.24, 2.45) is 0 Å². The van der Waals surface area contributed by atoms with Gasteiger partial charge >= 0.3 is 0 Å². The summed E-state index contributed by atoms with van der Waals surface area (Å²) in [6.07, 6.45) is 1.72. The molecule has 2 aromatic heterocycles. The number of rotatable bonds is 3. The summed E-state index contributed by atoms with van der Waals surface area (Å²) in [7, 11) is 0. The highest BCUT2D eigenvalue weighted by molar-refractivity contribution is 5.56. The molecule has 0 unspecified atom stereocenters. The van der Waals surface area contributed by atoms with Gasteiger partial charge in [0.1, 0.15) is 0 Å². The summed E-state index contributed by atoms with van der Waals surface area (Å²) in [5.41, 5.74) is 6.96. The van der Waals surface area contributed by atoms with E-state index in [0.717, 1.165) is 11.4 Å². The van der Waals surface area contributed by atoms with E-state index in [1.54, 1.807) is 16.8 Å². The normalized spacial score (nSPS) is 10.4. The minimum absolute atomic E-state index is 0.0741. The van der Waals surface area contributed by atoms with E-state index in [1.807, 2.05) is 30.3 Å². The fraction of sp³-hybridized carbons (Fsp3) is 0. The number of hydrogen-bond donors (Lipinski definition) is 3. The molecule has 0 radical (unpaired) electrons. The molecule has 0 fully saturated rings. The van der Waals surface area contributed by atoms with E-state index < -0.39 is 0 Å². The van der Waals surface area contributed by atoms with Crippen LogP contribution in [0, 0.1) is 0 Å². The molecule has 0 aliphatic rings. The predicted octanol–water partition coefficient (Wildman–Crippen LogP) is 1.28. The van der Waals surface area contributed by atoms with Crippen LogP contribution in [0.25, 0.3) is 5.69 Å². The van der Waals surface area contributed by atoms with Crippen LogP contribution in [0.15, 0.2) is 53.5 Å². The molecule has 3 aromatic rings. The van der Waals surface area contributed by atoms with Gasteiger partial charge in [0, 0.05) is 23.6 Å². The number of anilines is 3. The van der Waals surface area contributed by atoms with Crippen LogP contribution in [-0.4, -0.2) is 19.7 Å². The van der Waals surface area contributed by atoms with Crippen LogP contribution >= 0.6 is 0 Å². The van der Waals surface area contributed by atoms with Crippen molar-refractivity contribution >= 4 is 17.6 Å². The van der Waals surface area contributed by atoms with Crippen LogP contribution in [0.1, 0.15) is 0 Å². The lowest BCUT2D eigenvalue weighted by atomic mass is 10.2. The van der Waals surface area contributed by atoms with Crippen molar-refractivity contribution in [1.82, 2.24) is 19.7 Å². The van der Waals surface area contributed by atoms with Gasteiger partial charge in [-0.05, 0) is 30.3 Å². The summed E-state index contributed by atoms with van der Waals surface area (Å²) in [6, 6.07) is 12.4. The van der Waals surface area contributed by atoms with E-state index in [4.69, 9.17) is 5.73 Å². The molecule has 0 saturated carbocycles. The van der Waals surface area contributed by atoms with Gasteiger partial charge in [-0.1, -0.05) is 6.07 Å². The third-order valence-corrected chi connectivity index (χ3v) is 2.73. The molecule has 0 bridgehead atoms. The largest absolute Gasteiger partial charge is 0.368 e. The molecule has 0 aliphatic heterocycles. The minimum atomic E-state index is -0.0741. The smallest absolute Gasteiger partial charge is 0.255 e. The van der Waals surface area contributed by atoms with Crippen LogP contribution < -0.4 is 16.6 Å². The van der Waals surface area contributed by atoms with E-state index in [9.17, 15) is 4.79 Å². The maximum Gasteiger partial charge on any atom is 0.255 e. The second kappa shape index (κ2) is 4.88. The third-order valence-electron chi connectivity index (χ3n) is 2.73. The summed E-state index contributed by atoms with van der Waals surface area (Å²) in [6.45, 7) is 0. The van der Waals surface area contributed by atoms with Gasteiger partial charge in [-0.2, -0.15) is 4.98 Å². The molecule has 1 aromatic carbocycles. The Kier molecular flexibility index (Phi) is 2.92. The number of aromatic amines is 1. The Morgan fingerprint density at radius 1 is 1.15 bits per heavy atom. The Morgan fingerprint density at radius 3 is 2.60 bits per heavy atom. The maximum absolute atomic E-state index is 11.7. The van der Waals surface area contributed by atoms with Gasteiger partial charge < -0.3 is 11.1 Å². The van der Waals surface area contributed by atoms with Crippen LogP contribution in [0.5, 0.6) is 0 Å². The molecule has 2 heterocycles. The standard InChI is InChI=1S/C13H12N6O/c14-12-16-13(18-17-12)15-9-4-6-10(7-5-9)19-8-2-1-3-11(19)20/h1-8H,(H4,14,15,16,17,18). The summed E-state index contributed by atoms with van der Waals surface area (Å²) in [4.78, 5) is 15.7. The zero-order valence-corrected chi connectivity index (χ0v) is 10.4. The molecular formula is C13H12N6O. The summed E-state index contributed by atoms with van der Waals surface area (Å²) in [5, 5.41) is 9.42. The van der Waals surface area contributed by atoms with Crippen LogP contribution in [0.3, 0.4) is 0 Å². The number of pyridine rings is 1. The molecule has 7 nitrogen and oxygen atoms in total. The summed E-state index contributed by atoms with van der Waals surface area (Å²) in [5.74, 6) is 0.645. The van der Waals surface area contributed by atoms with Crippen LogP contribution in [-0.2, 0) is 0 Å². The van der Waals surface area contributed by atoms with E-state index in [0.29, 0.717) is 5.95 Å². The average Bonchev–Trinajstić information content (AvgIpc) is 2.86. The van der Waals surface area contributed by atoms with E-state index in [1.165, 1.54) is 6.07 Å². The van der Waals surface area contributed by atoms with E-state index in [2.05, 4.69) is 20.5 Å². The zero-order valence-electron chi connectivity index (χ0n) is 10.4. The van der Waals surface area contributed by atoms with Gasteiger partial charge in [0.05, 0.1) is 0 Å². The van der Waals surface area contributed by atoms with Gasteiger partial charge in [-0.15, -0.1) is 5.10 Å². The first kappa shape index (κ1) is 12.0. The lowest BCUT2D eigenvalue weighted by Gasteiger charge is -2.06. The summed E-state index contributed by atoms with van der Waals surface area (Å²) < 4.78 is 1.56. The molecule has 20 heavy (non-hydrogen) atoms. The van der Waals surface area contributed by atoms with Gasteiger partial charge in [0.25, 0.3) is 5.56 Å². The van der Waals surface area contributed by atoms with Crippen molar-refractivity contribution in [2.75, 3.05) is 11.1 Å². The Morgan fingerprint density at radius 2 is 1.95 bits per heavy atom. The van der Waals surface area contributed by atoms with Crippen molar-refractivity contribution in [2.45, 2.75) is 0 Å². The maximum atomic E-state index is 11.7. The number of hydrogen-bond acceptors (Lipinski definition) is 5. The molecule has 0 saturated heterocycles. The number of benzene rings is 1. The Hall–Kier alpha value is -3.09. The third kappa shape index (κ3) is 2.37. The minimum Gasteiger partial charge on any atom is -0.368 e. The highest BCUT2D eigenvalue weighted by Crippen LogP contribution is 2.15. The molecule has 4 N–H and O–H groups in total. The SMILES string of the molecule is Nc1nc(Nc2ccc(-n3ccccc3=O)cc2)n[nH]1. The molecular weight excluding hydrogens is 256 g/mol. The summed E-state index contributed by atoms with van der Waals surface area (Å²) >= 11 is 0. The van der Waals surface area contributed by atoms with Gasteiger partial charge in [-0.3, -0.25) is 9.36 Å². The van der Waals surface area contributed by atoms with Crippen LogP contribution in [0.2, 0.25) is 0 Å². The average molecular weight is 268 g/mol. The lowest BCUT2D eigenvalue weighted by Crippen LogP contribution is -2.15. The number of aromatic nitrogens is 4. The van der Waals surface area contributed by atoms with E-state index >= 15 is 0 Å². The lowest BCUT2D eigenvalue weighted by molar-refractivity contribution is 0.990. The monoisotopic (exact) mass is 268 g/mol. The molecule has 0 spiro atoms. The highest BCUT2D eigenvalue weighted by Gasteiger charge is 2.02. The predicted molar refractivity (Wildman–Crippen MR) is 76.1 cm³/mol. The Labute approximate surface area is 114 Å². The fourth-order valence-electron chi connectivity index (χ4n) is 1.81. The molecule has 0 atom stereocenters. The first-order valence-electron chi connectivity index (χ1n) is 5.95. The zero-order chi connectivity index (χ0) is 13.9. The first-order chi connectivity index (χ1) is 9.72. The molecule has 3 rings (SSSR count).